The number of rotatable bonds is 8. The Morgan fingerprint density at radius 3 is 1.68 bits per heavy atom. The minimum absolute atomic E-state index is 0.733. The second-order valence-electron chi connectivity index (χ2n) is 4.02. The van der Waals surface area contributed by atoms with Gasteiger partial charge in [0.2, 0.25) is 0 Å². The maximum Gasteiger partial charge on any atom is 0.460 e. The van der Waals surface area contributed by atoms with Crippen molar-refractivity contribution in [2.45, 2.75) is 30.4 Å². The molecular formula is C8H8F9O4S-. The van der Waals surface area contributed by atoms with Crippen molar-refractivity contribution in [3.63, 3.8) is 0 Å². The molecule has 4 nitrogen and oxygen atoms in total. The lowest BCUT2D eigenvalue weighted by Crippen LogP contribution is -2.62. The fraction of sp³-hybridized carbons (Fsp3) is 1.00. The minimum atomic E-state index is -7.01. The van der Waals surface area contributed by atoms with E-state index in [4.69, 9.17) is 0 Å². The smallest absolute Gasteiger partial charge is 0.460 e. The zero-order valence-electron chi connectivity index (χ0n) is 10.3. The number of ether oxygens (including phenoxy) is 1. The molecule has 0 aliphatic heterocycles. The summed E-state index contributed by atoms with van der Waals surface area (Å²) in [5.74, 6) is -20.8. The molecule has 0 atom stereocenters. The van der Waals surface area contributed by atoms with E-state index in [0.717, 1.165) is 0 Å². The summed E-state index contributed by atoms with van der Waals surface area (Å²) in [6.07, 6.45) is -7.65. The van der Waals surface area contributed by atoms with Gasteiger partial charge in [0.1, 0.15) is 6.61 Å². The predicted octanol–water partition coefficient (Wildman–Crippen LogP) is 2.41. The van der Waals surface area contributed by atoms with Gasteiger partial charge in [-0.1, -0.05) is 0 Å². The van der Waals surface area contributed by atoms with E-state index in [9.17, 15) is 52.5 Å². The molecule has 22 heavy (non-hydrogen) atoms. The average molecular weight is 371 g/mol. The highest BCUT2D eigenvalue weighted by Crippen LogP contribution is 2.53. The number of hydrogen-bond donors (Lipinski definition) is 0. The van der Waals surface area contributed by atoms with Gasteiger partial charge in [0.25, 0.3) is 0 Å². The summed E-state index contributed by atoms with van der Waals surface area (Å²) in [7, 11) is -4.75. The summed E-state index contributed by atoms with van der Waals surface area (Å²) in [6, 6.07) is 0. The fourth-order valence-corrected chi connectivity index (χ4v) is 1.51. The lowest BCUT2D eigenvalue weighted by atomic mass is 10.0. The van der Waals surface area contributed by atoms with Crippen LogP contribution >= 0.6 is 0 Å². The Balaban J connectivity index is 4.79. The van der Waals surface area contributed by atoms with Crippen LogP contribution in [0.25, 0.3) is 0 Å². The standard InChI is InChI=1S/C8H9F9O4S/c9-5(10,4-21-2-1-3-22(18,19)20)6(11,12)7(13,14)8(15,16)17/h1-4H2,(H,18,19,20)/p-1. The molecule has 0 rings (SSSR count). The van der Waals surface area contributed by atoms with Crippen LogP contribution in [0, 0.1) is 0 Å². The Morgan fingerprint density at radius 2 is 1.32 bits per heavy atom. The van der Waals surface area contributed by atoms with Crippen molar-refractivity contribution in [3.05, 3.63) is 0 Å². The molecule has 134 valence electrons. The van der Waals surface area contributed by atoms with Gasteiger partial charge in [0.05, 0.1) is 10.1 Å². The maximum absolute atomic E-state index is 12.9. The molecular weight excluding hydrogens is 363 g/mol. The molecule has 0 saturated carbocycles. The topological polar surface area (TPSA) is 66.4 Å². The van der Waals surface area contributed by atoms with E-state index < -0.39 is 59.4 Å². The average Bonchev–Trinajstić information content (AvgIpc) is 2.24. The SMILES string of the molecule is O=S(=O)([O-])CCCOCC(F)(F)C(F)(F)C(F)(F)C(F)(F)F. The van der Waals surface area contributed by atoms with E-state index in [2.05, 4.69) is 4.74 Å². The molecule has 0 aromatic carbocycles. The van der Waals surface area contributed by atoms with Gasteiger partial charge < -0.3 is 9.29 Å². The van der Waals surface area contributed by atoms with Crippen molar-refractivity contribution in [2.75, 3.05) is 19.0 Å². The molecule has 0 heterocycles. The van der Waals surface area contributed by atoms with Crippen molar-refractivity contribution >= 4 is 10.1 Å². The van der Waals surface area contributed by atoms with Gasteiger partial charge in [-0.3, -0.25) is 0 Å². The largest absolute Gasteiger partial charge is 0.748 e. The van der Waals surface area contributed by atoms with Crippen molar-refractivity contribution in [3.8, 4) is 0 Å². The zero-order chi connectivity index (χ0) is 18.0. The fourth-order valence-electron chi connectivity index (χ4n) is 1.04. The van der Waals surface area contributed by atoms with Gasteiger partial charge in [0, 0.05) is 12.4 Å². The summed E-state index contributed by atoms with van der Waals surface area (Å²) in [5, 5.41) is 0. The lowest BCUT2D eigenvalue weighted by molar-refractivity contribution is -0.399. The molecule has 0 amide bonds. The number of hydrogen-bond acceptors (Lipinski definition) is 4. The van der Waals surface area contributed by atoms with E-state index in [1.165, 1.54) is 0 Å². The monoisotopic (exact) mass is 371 g/mol. The van der Waals surface area contributed by atoms with Crippen molar-refractivity contribution in [2.24, 2.45) is 0 Å². The van der Waals surface area contributed by atoms with E-state index in [-0.39, 0.29) is 0 Å². The van der Waals surface area contributed by atoms with Crippen LogP contribution in [-0.2, 0) is 14.9 Å². The first-order valence-corrected chi connectivity index (χ1v) is 6.75. The Hall–Kier alpha value is -0.760. The first-order valence-electron chi connectivity index (χ1n) is 5.17. The third kappa shape index (κ3) is 4.87. The van der Waals surface area contributed by atoms with Crippen LogP contribution in [-0.4, -0.2) is 55.9 Å². The van der Waals surface area contributed by atoms with Gasteiger partial charge in [-0.25, -0.2) is 8.42 Å². The summed E-state index contributed by atoms with van der Waals surface area (Å²) in [4.78, 5) is 0. The third-order valence-electron chi connectivity index (χ3n) is 2.18. The summed E-state index contributed by atoms with van der Waals surface area (Å²) >= 11 is 0. The van der Waals surface area contributed by atoms with Crippen LogP contribution in [0.5, 0.6) is 0 Å². The molecule has 0 unspecified atom stereocenters. The zero-order valence-corrected chi connectivity index (χ0v) is 11.1. The first kappa shape index (κ1) is 21.2. The summed E-state index contributed by atoms with van der Waals surface area (Å²) in [6.45, 7) is -3.56. The Labute approximate surface area is 118 Å². The van der Waals surface area contributed by atoms with Crippen LogP contribution in [0.2, 0.25) is 0 Å². The quantitative estimate of drug-likeness (QED) is 0.373. The molecule has 0 aromatic heterocycles. The van der Waals surface area contributed by atoms with Gasteiger partial charge in [0.15, 0.2) is 0 Å². The second kappa shape index (κ2) is 6.39. The number of halogens is 9. The molecule has 0 aromatic rings. The van der Waals surface area contributed by atoms with Gasteiger partial charge >= 0.3 is 23.9 Å². The van der Waals surface area contributed by atoms with Crippen LogP contribution in [0.4, 0.5) is 39.5 Å². The number of alkyl halides is 9. The summed E-state index contributed by atoms with van der Waals surface area (Å²) < 4.78 is 145. The van der Waals surface area contributed by atoms with E-state index in [1.807, 2.05) is 0 Å². The van der Waals surface area contributed by atoms with E-state index >= 15 is 0 Å². The molecule has 0 aliphatic carbocycles. The second-order valence-corrected chi connectivity index (χ2v) is 5.54. The third-order valence-corrected chi connectivity index (χ3v) is 2.96. The molecule has 0 bridgehead atoms. The molecule has 0 saturated heterocycles. The van der Waals surface area contributed by atoms with Crippen molar-refractivity contribution in [1.82, 2.24) is 0 Å². The Kier molecular flexibility index (Phi) is 6.17. The molecule has 0 radical (unpaired) electrons. The van der Waals surface area contributed by atoms with Crippen LogP contribution in [0.15, 0.2) is 0 Å². The van der Waals surface area contributed by atoms with Gasteiger partial charge in [-0.05, 0) is 6.42 Å². The highest BCUT2D eigenvalue weighted by molar-refractivity contribution is 7.85. The molecule has 0 fully saturated rings. The molecule has 0 N–H and O–H groups in total. The van der Waals surface area contributed by atoms with Gasteiger partial charge in [-0.15, -0.1) is 0 Å². The van der Waals surface area contributed by atoms with Crippen molar-refractivity contribution in [1.29, 1.82) is 0 Å². The summed E-state index contributed by atoms with van der Waals surface area (Å²) in [5.41, 5.74) is 0. The van der Waals surface area contributed by atoms with Gasteiger partial charge in [-0.2, -0.15) is 39.5 Å². The molecule has 0 aliphatic rings. The Bertz CT molecular complexity index is 470. The first-order chi connectivity index (χ1) is 9.46. The highest BCUT2D eigenvalue weighted by atomic mass is 32.2. The molecule has 14 heteroatoms. The van der Waals surface area contributed by atoms with Crippen molar-refractivity contribution < 1.29 is 57.2 Å². The normalized spacial score (nSPS) is 15.2. The minimum Gasteiger partial charge on any atom is -0.748 e. The lowest BCUT2D eigenvalue weighted by Gasteiger charge is -2.33. The van der Waals surface area contributed by atoms with Crippen LogP contribution in [0.1, 0.15) is 6.42 Å². The molecule has 0 spiro atoms. The van der Waals surface area contributed by atoms with E-state index in [1.54, 1.807) is 0 Å². The maximum atomic E-state index is 12.9. The highest BCUT2D eigenvalue weighted by Gasteiger charge is 2.81. The predicted molar refractivity (Wildman–Crippen MR) is 50.9 cm³/mol. The Morgan fingerprint density at radius 1 is 0.864 bits per heavy atom. The van der Waals surface area contributed by atoms with Crippen LogP contribution in [0.3, 0.4) is 0 Å². The van der Waals surface area contributed by atoms with E-state index in [0.29, 0.717) is 0 Å². The van der Waals surface area contributed by atoms with Crippen LogP contribution < -0.4 is 0 Å².